The van der Waals surface area contributed by atoms with Crippen LogP contribution in [0.3, 0.4) is 0 Å². The molecule has 0 spiro atoms. The maximum atomic E-state index is 10.1. The van der Waals surface area contributed by atoms with Gasteiger partial charge < -0.3 is 10.1 Å². The fourth-order valence-corrected chi connectivity index (χ4v) is 2.43. The molecule has 1 amide bonds. The van der Waals surface area contributed by atoms with Crippen molar-refractivity contribution < 1.29 is 9.53 Å². The van der Waals surface area contributed by atoms with Crippen LogP contribution in [0.5, 0.6) is 5.75 Å². The van der Waals surface area contributed by atoms with Crippen LogP contribution < -0.4 is 10.1 Å². The van der Waals surface area contributed by atoms with Gasteiger partial charge in [0, 0.05) is 13.0 Å². The lowest BCUT2D eigenvalue weighted by Gasteiger charge is -2.38. The van der Waals surface area contributed by atoms with Gasteiger partial charge in [-0.3, -0.25) is 4.79 Å². The Labute approximate surface area is 126 Å². The molecule has 0 saturated carbocycles. The van der Waals surface area contributed by atoms with E-state index in [9.17, 15) is 4.79 Å². The van der Waals surface area contributed by atoms with Gasteiger partial charge in [0.25, 0.3) is 0 Å². The van der Waals surface area contributed by atoms with Crippen molar-refractivity contribution in [2.24, 2.45) is 5.92 Å². The van der Waals surface area contributed by atoms with Crippen LogP contribution in [0.1, 0.15) is 44.7 Å². The van der Waals surface area contributed by atoms with Crippen LogP contribution in [0, 0.1) is 17.2 Å². The van der Waals surface area contributed by atoms with E-state index in [0.29, 0.717) is 11.5 Å². The Balaban J connectivity index is 0.000000225. The minimum Gasteiger partial charge on any atom is -0.487 e. The van der Waals surface area contributed by atoms with Gasteiger partial charge in [0.15, 0.2) is 0 Å². The number of carbonyl (C=O) groups is 1. The molecule has 1 atom stereocenters. The second kappa shape index (κ2) is 6.17. The van der Waals surface area contributed by atoms with Crippen LogP contribution in [0.4, 0.5) is 0 Å². The van der Waals surface area contributed by atoms with Gasteiger partial charge in [-0.15, -0.1) is 0 Å². The summed E-state index contributed by atoms with van der Waals surface area (Å²) in [6.45, 7) is 7.29. The highest BCUT2D eigenvalue weighted by molar-refractivity contribution is 5.77. The number of ether oxygens (including phenoxy) is 1. The third kappa shape index (κ3) is 3.75. The molecule has 1 fully saturated rings. The first-order valence-corrected chi connectivity index (χ1v) is 7.41. The third-order valence-electron chi connectivity index (χ3n) is 4.18. The zero-order chi connectivity index (χ0) is 15.5. The molecule has 1 N–H and O–H groups in total. The molecule has 0 radical (unpaired) electrons. The highest BCUT2D eigenvalue weighted by Gasteiger charge is 2.33. The summed E-state index contributed by atoms with van der Waals surface area (Å²) in [5.74, 6) is 1.60. The Morgan fingerprint density at radius 2 is 2.19 bits per heavy atom. The molecule has 0 bridgehead atoms. The summed E-state index contributed by atoms with van der Waals surface area (Å²) in [6, 6.07) is 7.80. The normalized spacial score (nSPS) is 22.0. The smallest absolute Gasteiger partial charge is 0.220 e. The summed E-state index contributed by atoms with van der Waals surface area (Å²) in [5.41, 5.74) is 1.76. The minimum atomic E-state index is -0.110. The van der Waals surface area contributed by atoms with Crippen LogP contribution in [-0.2, 0) is 11.2 Å². The molecule has 2 heterocycles. The summed E-state index contributed by atoms with van der Waals surface area (Å²) in [6.07, 6.45) is 2.75. The van der Waals surface area contributed by atoms with E-state index < -0.39 is 0 Å². The SMILES string of the molecule is CC1Cc2cc(C#N)ccc2OC1(C)C.O=C1CCCN1. The number of nitriles is 1. The van der Waals surface area contributed by atoms with Gasteiger partial charge in [0.05, 0.1) is 11.6 Å². The molecule has 0 aliphatic carbocycles. The van der Waals surface area contributed by atoms with Gasteiger partial charge in [-0.25, -0.2) is 0 Å². The van der Waals surface area contributed by atoms with E-state index in [2.05, 4.69) is 32.2 Å². The Morgan fingerprint density at radius 1 is 1.43 bits per heavy atom. The molecule has 1 unspecified atom stereocenters. The molecule has 3 rings (SSSR count). The average Bonchev–Trinajstić information content (AvgIpc) is 2.91. The zero-order valence-corrected chi connectivity index (χ0v) is 12.9. The number of carbonyl (C=O) groups excluding carboxylic acids is 1. The number of hydrogen-bond acceptors (Lipinski definition) is 3. The molecule has 4 nitrogen and oxygen atoms in total. The van der Waals surface area contributed by atoms with E-state index in [1.165, 1.54) is 0 Å². The van der Waals surface area contributed by atoms with E-state index in [1.807, 2.05) is 18.2 Å². The van der Waals surface area contributed by atoms with Crippen molar-refractivity contribution in [1.82, 2.24) is 5.32 Å². The molecular weight excluding hydrogens is 264 g/mol. The Hall–Kier alpha value is -2.02. The average molecular weight is 286 g/mol. The third-order valence-corrected chi connectivity index (χ3v) is 4.18. The maximum absolute atomic E-state index is 10.1. The summed E-state index contributed by atoms with van der Waals surface area (Å²) >= 11 is 0. The molecule has 4 heteroatoms. The van der Waals surface area contributed by atoms with Gasteiger partial charge in [-0.2, -0.15) is 5.26 Å². The van der Waals surface area contributed by atoms with Crippen molar-refractivity contribution in [3.8, 4) is 11.8 Å². The first-order chi connectivity index (χ1) is 9.92. The number of amides is 1. The second-order valence-electron chi connectivity index (χ2n) is 6.20. The van der Waals surface area contributed by atoms with Crippen LogP contribution in [-0.4, -0.2) is 18.1 Å². The molecule has 1 saturated heterocycles. The molecular formula is C17H22N2O2. The molecule has 2 aliphatic heterocycles. The summed E-state index contributed by atoms with van der Waals surface area (Å²) in [4.78, 5) is 10.1. The quantitative estimate of drug-likeness (QED) is 0.797. The van der Waals surface area contributed by atoms with Crippen molar-refractivity contribution in [3.05, 3.63) is 29.3 Å². The highest BCUT2D eigenvalue weighted by atomic mass is 16.5. The van der Waals surface area contributed by atoms with Crippen LogP contribution in [0.15, 0.2) is 18.2 Å². The zero-order valence-electron chi connectivity index (χ0n) is 12.9. The number of fused-ring (bicyclic) bond motifs is 1. The van der Waals surface area contributed by atoms with Crippen molar-refractivity contribution in [2.75, 3.05) is 6.54 Å². The first-order valence-electron chi connectivity index (χ1n) is 7.41. The minimum absolute atomic E-state index is 0.110. The van der Waals surface area contributed by atoms with Crippen molar-refractivity contribution in [2.45, 2.75) is 45.6 Å². The number of hydrogen-bond donors (Lipinski definition) is 1. The van der Waals surface area contributed by atoms with E-state index in [0.717, 1.165) is 37.1 Å². The summed E-state index contributed by atoms with van der Waals surface area (Å²) in [5, 5.41) is 11.5. The topological polar surface area (TPSA) is 62.1 Å². The van der Waals surface area contributed by atoms with Crippen molar-refractivity contribution >= 4 is 5.91 Å². The maximum Gasteiger partial charge on any atom is 0.220 e. The molecule has 112 valence electrons. The molecule has 2 aliphatic rings. The summed E-state index contributed by atoms with van der Waals surface area (Å²) in [7, 11) is 0. The first kappa shape index (κ1) is 15.4. The number of nitrogens with one attached hydrogen (secondary N) is 1. The number of rotatable bonds is 0. The van der Waals surface area contributed by atoms with E-state index in [1.54, 1.807) is 0 Å². The number of nitrogens with zero attached hydrogens (tertiary/aromatic N) is 1. The van der Waals surface area contributed by atoms with Crippen LogP contribution in [0.25, 0.3) is 0 Å². The van der Waals surface area contributed by atoms with Crippen molar-refractivity contribution in [3.63, 3.8) is 0 Å². The van der Waals surface area contributed by atoms with Crippen LogP contribution in [0.2, 0.25) is 0 Å². The predicted molar refractivity (Wildman–Crippen MR) is 81.0 cm³/mol. The molecule has 21 heavy (non-hydrogen) atoms. The van der Waals surface area contributed by atoms with E-state index >= 15 is 0 Å². The van der Waals surface area contributed by atoms with Gasteiger partial charge in [0.1, 0.15) is 11.4 Å². The molecule has 1 aromatic rings. The monoisotopic (exact) mass is 286 g/mol. The standard InChI is InChI=1S/C13H15NO.C4H7NO/c1-9-6-11-7-10(8-14)4-5-12(11)15-13(9,2)3;6-4-2-1-3-5-4/h4-5,7,9H,6H2,1-3H3;1-3H2,(H,5,6). The molecule has 1 aromatic carbocycles. The molecule has 0 aromatic heterocycles. The van der Waals surface area contributed by atoms with Gasteiger partial charge in [0.2, 0.25) is 5.91 Å². The largest absolute Gasteiger partial charge is 0.487 e. The Morgan fingerprint density at radius 3 is 2.71 bits per heavy atom. The van der Waals surface area contributed by atoms with Crippen molar-refractivity contribution in [1.29, 1.82) is 5.26 Å². The summed E-state index contributed by atoms with van der Waals surface area (Å²) < 4.78 is 5.92. The van der Waals surface area contributed by atoms with E-state index in [4.69, 9.17) is 10.00 Å². The van der Waals surface area contributed by atoms with Crippen LogP contribution >= 0.6 is 0 Å². The fraction of sp³-hybridized carbons (Fsp3) is 0.529. The number of benzene rings is 1. The highest BCUT2D eigenvalue weighted by Crippen LogP contribution is 2.36. The lowest BCUT2D eigenvalue weighted by molar-refractivity contribution is -0.119. The van der Waals surface area contributed by atoms with Gasteiger partial charge in [-0.05, 0) is 56.4 Å². The second-order valence-corrected chi connectivity index (χ2v) is 6.20. The Bertz CT molecular complexity index is 565. The Kier molecular flexibility index (Phi) is 4.52. The van der Waals surface area contributed by atoms with E-state index in [-0.39, 0.29) is 11.5 Å². The van der Waals surface area contributed by atoms with Gasteiger partial charge in [-0.1, -0.05) is 6.92 Å². The fourth-order valence-electron chi connectivity index (χ4n) is 2.43. The van der Waals surface area contributed by atoms with Gasteiger partial charge >= 0.3 is 0 Å². The lowest BCUT2D eigenvalue weighted by atomic mass is 9.84. The predicted octanol–water partition coefficient (Wildman–Crippen LogP) is 2.80. The lowest BCUT2D eigenvalue weighted by Crippen LogP contribution is -2.40.